The third-order valence-corrected chi connectivity index (χ3v) is 4.92. The number of aryl methyl sites for hydroxylation is 1. The molecule has 1 aromatic carbocycles. The van der Waals surface area contributed by atoms with E-state index in [1.54, 1.807) is 38.3 Å². The first kappa shape index (κ1) is 20.5. The summed E-state index contributed by atoms with van der Waals surface area (Å²) in [6.45, 7) is 6.11. The third kappa shape index (κ3) is 4.43. The number of aromatic nitrogens is 1. The lowest BCUT2D eigenvalue weighted by Crippen LogP contribution is -2.12. The Morgan fingerprint density at radius 3 is 2.41 bits per heavy atom. The Morgan fingerprint density at radius 2 is 1.86 bits per heavy atom. The summed E-state index contributed by atoms with van der Waals surface area (Å²) >= 11 is 1.48. The van der Waals surface area contributed by atoms with Crippen molar-refractivity contribution in [1.29, 1.82) is 0 Å². The van der Waals surface area contributed by atoms with Crippen molar-refractivity contribution in [3.05, 3.63) is 58.6 Å². The Hall–Kier alpha value is -3.26. The number of hydrogen-bond acceptors (Lipinski definition) is 7. The summed E-state index contributed by atoms with van der Waals surface area (Å²) in [4.78, 5) is 5.27. The molecule has 0 aliphatic rings. The molecular weight excluding hydrogens is 390 g/mol. The highest BCUT2D eigenvalue weighted by molar-refractivity contribution is 7.07. The van der Waals surface area contributed by atoms with Crippen molar-refractivity contribution in [2.45, 2.75) is 6.92 Å². The Balaban J connectivity index is 2.16. The third-order valence-electron chi connectivity index (χ3n) is 4.06. The molecule has 8 heteroatoms. The van der Waals surface area contributed by atoms with Gasteiger partial charge >= 0.3 is 0 Å². The monoisotopic (exact) mass is 413 g/mol. The predicted molar refractivity (Wildman–Crippen MR) is 114 cm³/mol. The van der Waals surface area contributed by atoms with Gasteiger partial charge in [0.15, 0.2) is 11.5 Å². The number of ether oxygens (including phenoxy) is 3. The molecule has 7 nitrogen and oxygen atoms in total. The zero-order valence-corrected chi connectivity index (χ0v) is 17.7. The van der Waals surface area contributed by atoms with Crippen LogP contribution in [0.1, 0.15) is 11.5 Å². The quantitative estimate of drug-likeness (QED) is 0.412. The Kier molecular flexibility index (Phi) is 6.56. The summed E-state index contributed by atoms with van der Waals surface area (Å²) < 4.78 is 23.7. The molecular formula is C21H23N3O4S. The Labute approximate surface area is 173 Å². The maximum Gasteiger partial charge on any atom is 0.206 e. The molecule has 0 unspecified atom stereocenters. The van der Waals surface area contributed by atoms with E-state index in [4.69, 9.17) is 18.6 Å². The molecule has 0 aliphatic carbocycles. The molecule has 2 aromatic heterocycles. The molecule has 3 aromatic rings. The van der Waals surface area contributed by atoms with Crippen LogP contribution in [0, 0.1) is 6.92 Å². The summed E-state index contributed by atoms with van der Waals surface area (Å²) in [7, 11) is 4.75. The minimum Gasteiger partial charge on any atom is -0.493 e. The van der Waals surface area contributed by atoms with Gasteiger partial charge in [-0.3, -0.25) is 4.99 Å². The summed E-state index contributed by atoms with van der Waals surface area (Å²) in [6, 6.07) is 7.52. The smallest absolute Gasteiger partial charge is 0.206 e. The molecule has 0 atom stereocenters. The fourth-order valence-corrected chi connectivity index (χ4v) is 3.57. The van der Waals surface area contributed by atoms with Gasteiger partial charge in [-0.25, -0.2) is 4.68 Å². The van der Waals surface area contributed by atoms with Crippen molar-refractivity contribution in [3.63, 3.8) is 0 Å². The fraction of sp³-hybridized carbons (Fsp3) is 0.238. The molecule has 0 spiro atoms. The summed E-state index contributed by atoms with van der Waals surface area (Å²) in [5.41, 5.74) is 1.68. The Bertz CT molecular complexity index is 1070. The fourth-order valence-electron chi connectivity index (χ4n) is 2.73. The number of thiazole rings is 1. The average molecular weight is 413 g/mol. The number of nitrogens with zero attached hydrogens (tertiary/aromatic N) is 3. The average Bonchev–Trinajstić information content (AvgIpc) is 3.34. The summed E-state index contributed by atoms with van der Waals surface area (Å²) in [5.74, 6) is 3.14. The van der Waals surface area contributed by atoms with Gasteiger partial charge in [-0.05, 0) is 31.2 Å². The highest BCUT2D eigenvalue weighted by Gasteiger charge is 2.17. The first-order valence-electron chi connectivity index (χ1n) is 8.84. The molecule has 0 fully saturated rings. The zero-order chi connectivity index (χ0) is 20.8. The van der Waals surface area contributed by atoms with Crippen LogP contribution in [-0.2, 0) is 0 Å². The van der Waals surface area contributed by atoms with Crippen molar-refractivity contribution in [2.75, 3.05) is 27.9 Å². The molecule has 0 amide bonds. The minimum atomic E-state index is 0.491. The zero-order valence-electron chi connectivity index (χ0n) is 16.8. The van der Waals surface area contributed by atoms with E-state index < -0.39 is 0 Å². The minimum absolute atomic E-state index is 0.491. The van der Waals surface area contributed by atoms with Crippen LogP contribution in [0.15, 0.2) is 56.8 Å². The second kappa shape index (κ2) is 9.29. The van der Waals surface area contributed by atoms with E-state index in [1.165, 1.54) is 11.3 Å². The Morgan fingerprint density at radius 1 is 1.14 bits per heavy atom. The van der Waals surface area contributed by atoms with Gasteiger partial charge < -0.3 is 18.6 Å². The summed E-state index contributed by atoms with van der Waals surface area (Å²) in [6.07, 6.45) is 3.40. The highest BCUT2D eigenvalue weighted by atomic mass is 32.1. The van der Waals surface area contributed by atoms with Crippen LogP contribution in [0.2, 0.25) is 0 Å². The van der Waals surface area contributed by atoms with Gasteiger partial charge in [-0.2, -0.15) is 5.10 Å². The van der Waals surface area contributed by atoms with Crippen molar-refractivity contribution < 1.29 is 18.6 Å². The number of rotatable bonds is 8. The van der Waals surface area contributed by atoms with Crippen LogP contribution in [0.3, 0.4) is 0 Å². The van der Waals surface area contributed by atoms with E-state index in [0.29, 0.717) is 29.6 Å². The number of benzene rings is 1. The summed E-state index contributed by atoms with van der Waals surface area (Å²) in [5, 5.41) is 6.58. The maximum absolute atomic E-state index is 5.59. The van der Waals surface area contributed by atoms with Crippen LogP contribution in [0.5, 0.6) is 17.2 Å². The molecule has 0 N–H and O–H groups in total. The first-order chi connectivity index (χ1) is 14.1. The van der Waals surface area contributed by atoms with Gasteiger partial charge in [0.2, 0.25) is 10.6 Å². The van der Waals surface area contributed by atoms with Crippen LogP contribution in [0.4, 0.5) is 0 Å². The SMILES string of the molecule is C=CCN=c1scc(-c2cc(OC)c(OC)c(OC)c2)n1N=Cc1ccc(C)o1. The lowest BCUT2D eigenvalue weighted by Gasteiger charge is -2.14. The standard InChI is InChI=1S/C21H23N3O4S/c1-6-9-22-21-24(23-12-16-8-7-14(2)28-16)17(13-29-21)15-10-18(25-3)20(27-5)19(11-15)26-4/h6-8,10-13H,1,9H2,2-5H3. The van der Waals surface area contributed by atoms with E-state index >= 15 is 0 Å². The van der Waals surface area contributed by atoms with Gasteiger partial charge in [-0.1, -0.05) is 6.08 Å². The molecule has 152 valence electrons. The van der Waals surface area contributed by atoms with Crippen LogP contribution in [-0.4, -0.2) is 38.8 Å². The first-order valence-corrected chi connectivity index (χ1v) is 9.72. The molecule has 0 aliphatic heterocycles. The van der Waals surface area contributed by atoms with Crippen molar-refractivity contribution >= 4 is 17.6 Å². The van der Waals surface area contributed by atoms with Gasteiger partial charge in [0.1, 0.15) is 11.5 Å². The number of methoxy groups -OCH3 is 3. The maximum atomic E-state index is 5.59. The van der Waals surface area contributed by atoms with E-state index in [2.05, 4.69) is 16.7 Å². The van der Waals surface area contributed by atoms with Crippen molar-refractivity contribution in [2.24, 2.45) is 10.1 Å². The van der Waals surface area contributed by atoms with Gasteiger partial charge in [0, 0.05) is 10.9 Å². The van der Waals surface area contributed by atoms with E-state index in [9.17, 15) is 0 Å². The van der Waals surface area contributed by atoms with E-state index in [1.807, 2.05) is 36.6 Å². The number of hydrogen-bond donors (Lipinski definition) is 0. The second-order valence-electron chi connectivity index (χ2n) is 5.95. The second-order valence-corrected chi connectivity index (χ2v) is 6.79. The molecule has 29 heavy (non-hydrogen) atoms. The van der Waals surface area contributed by atoms with Crippen molar-refractivity contribution in [1.82, 2.24) is 4.68 Å². The largest absolute Gasteiger partial charge is 0.493 e. The van der Waals surface area contributed by atoms with Crippen LogP contribution >= 0.6 is 11.3 Å². The lowest BCUT2D eigenvalue weighted by atomic mass is 10.1. The predicted octanol–water partition coefficient (Wildman–Crippen LogP) is 4.11. The van der Waals surface area contributed by atoms with Crippen LogP contribution in [0.25, 0.3) is 11.3 Å². The molecule has 0 radical (unpaired) electrons. The molecule has 0 saturated carbocycles. The lowest BCUT2D eigenvalue weighted by molar-refractivity contribution is 0.324. The van der Waals surface area contributed by atoms with Gasteiger partial charge in [0.05, 0.1) is 39.8 Å². The van der Waals surface area contributed by atoms with Crippen molar-refractivity contribution in [3.8, 4) is 28.5 Å². The molecule has 0 saturated heterocycles. The van der Waals surface area contributed by atoms with E-state index in [-0.39, 0.29) is 0 Å². The normalized spacial score (nSPS) is 11.8. The topological polar surface area (TPSA) is 70.5 Å². The molecule has 3 rings (SSSR count). The van der Waals surface area contributed by atoms with E-state index in [0.717, 1.165) is 21.8 Å². The highest BCUT2D eigenvalue weighted by Crippen LogP contribution is 2.41. The molecule has 0 bridgehead atoms. The van der Waals surface area contributed by atoms with Crippen LogP contribution < -0.4 is 19.0 Å². The number of furan rings is 1. The molecule has 2 heterocycles. The van der Waals surface area contributed by atoms with Gasteiger partial charge in [0.25, 0.3) is 0 Å². The van der Waals surface area contributed by atoms with Gasteiger partial charge in [-0.15, -0.1) is 17.9 Å².